The molecule has 0 spiro atoms. The molecule has 4 nitrogen and oxygen atoms in total. The van der Waals surface area contributed by atoms with Crippen LogP contribution in [0.2, 0.25) is 0 Å². The highest BCUT2D eigenvalue weighted by Gasteiger charge is 2.47. The number of hydrogen-bond donors (Lipinski definition) is 1. The number of hydrazine groups is 1. The number of rotatable bonds is 3. The van der Waals surface area contributed by atoms with Gasteiger partial charge < -0.3 is 0 Å². The van der Waals surface area contributed by atoms with Crippen LogP contribution in [0, 0.1) is 17.2 Å². The zero-order valence-corrected chi connectivity index (χ0v) is 11.7. The zero-order chi connectivity index (χ0) is 14.0. The summed E-state index contributed by atoms with van der Waals surface area (Å²) in [6.07, 6.45) is 5.16. The lowest BCUT2D eigenvalue weighted by Crippen LogP contribution is -2.66. The van der Waals surface area contributed by atoms with E-state index in [9.17, 15) is 4.79 Å². The van der Waals surface area contributed by atoms with E-state index < -0.39 is 0 Å². The highest BCUT2D eigenvalue weighted by Crippen LogP contribution is 2.40. The minimum Gasteiger partial charge on any atom is -0.294 e. The quantitative estimate of drug-likeness (QED) is 0.614. The Hall–Kier alpha value is -1.18. The van der Waals surface area contributed by atoms with Gasteiger partial charge in [0, 0.05) is 17.0 Å². The number of nitriles is 1. The molecule has 0 aliphatic carbocycles. The number of nitrogens with zero attached hydrogens (tertiary/aromatic N) is 2. The second kappa shape index (κ2) is 5.21. The first-order chi connectivity index (χ1) is 8.23. The Labute approximate surface area is 109 Å². The van der Waals surface area contributed by atoms with Crippen LogP contribution in [0.4, 0.5) is 0 Å². The SMILES string of the molecule is CC1(C)CCC(C(=O)/C=C/CC#N)C(C)(C)N1N. The summed E-state index contributed by atoms with van der Waals surface area (Å²) in [5.74, 6) is 6.14. The number of piperidine rings is 1. The first-order valence-electron chi connectivity index (χ1n) is 6.36. The first-order valence-corrected chi connectivity index (χ1v) is 6.36. The van der Waals surface area contributed by atoms with Gasteiger partial charge in [0.05, 0.1) is 12.5 Å². The molecule has 0 saturated carbocycles. The minimum atomic E-state index is -0.365. The fourth-order valence-corrected chi connectivity index (χ4v) is 2.75. The number of carbonyl (C=O) groups is 1. The molecular weight excluding hydrogens is 226 g/mol. The summed E-state index contributed by atoms with van der Waals surface area (Å²) in [6.45, 7) is 8.21. The summed E-state index contributed by atoms with van der Waals surface area (Å²) in [6, 6.07) is 1.99. The summed E-state index contributed by atoms with van der Waals surface area (Å²) in [5.41, 5.74) is -0.452. The average molecular weight is 249 g/mol. The lowest BCUT2D eigenvalue weighted by atomic mass is 9.72. The molecule has 0 radical (unpaired) electrons. The molecule has 1 rings (SSSR count). The molecule has 1 aliphatic rings. The Morgan fingerprint density at radius 3 is 2.67 bits per heavy atom. The van der Waals surface area contributed by atoms with Crippen LogP contribution in [0.3, 0.4) is 0 Å². The number of nitrogens with two attached hydrogens (primary N) is 1. The van der Waals surface area contributed by atoms with Crippen molar-refractivity contribution in [2.75, 3.05) is 0 Å². The summed E-state index contributed by atoms with van der Waals surface area (Å²) in [7, 11) is 0. The van der Waals surface area contributed by atoms with Gasteiger partial charge in [-0.2, -0.15) is 5.26 Å². The normalized spacial score (nSPS) is 27.0. The van der Waals surface area contributed by atoms with E-state index in [2.05, 4.69) is 13.8 Å². The van der Waals surface area contributed by atoms with Crippen LogP contribution in [-0.2, 0) is 4.79 Å². The molecule has 0 amide bonds. The van der Waals surface area contributed by atoms with Crippen LogP contribution in [-0.4, -0.2) is 21.9 Å². The molecule has 0 aromatic heterocycles. The molecule has 18 heavy (non-hydrogen) atoms. The molecule has 1 fully saturated rings. The summed E-state index contributed by atoms with van der Waals surface area (Å²) in [4.78, 5) is 12.2. The van der Waals surface area contributed by atoms with Crippen molar-refractivity contribution >= 4 is 5.78 Å². The fourth-order valence-electron chi connectivity index (χ4n) is 2.75. The topological polar surface area (TPSA) is 70.1 Å². The second-order valence-electron chi connectivity index (χ2n) is 6.09. The van der Waals surface area contributed by atoms with E-state index in [1.54, 1.807) is 6.08 Å². The molecule has 4 heteroatoms. The van der Waals surface area contributed by atoms with Crippen LogP contribution in [0.5, 0.6) is 0 Å². The predicted octanol–water partition coefficient (Wildman–Crippen LogP) is 2.17. The van der Waals surface area contributed by atoms with Gasteiger partial charge in [-0.05, 0) is 46.6 Å². The third kappa shape index (κ3) is 2.80. The monoisotopic (exact) mass is 249 g/mol. The summed E-state index contributed by atoms with van der Waals surface area (Å²) >= 11 is 0. The van der Waals surface area contributed by atoms with E-state index in [4.69, 9.17) is 11.1 Å². The molecule has 1 heterocycles. The highest BCUT2D eigenvalue weighted by molar-refractivity contribution is 5.92. The van der Waals surface area contributed by atoms with Crippen LogP contribution in [0.15, 0.2) is 12.2 Å². The Morgan fingerprint density at radius 2 is 2.11 bits per heavy atom. The maximum Gasteiger partial charge on any atom is 0.160 e. The van der Waals surface area contributed by atoms with Crippen molar-refractivity contribution in [1.82, 2.24) is 5.01 Å². The molecule has 1 aliphatic heterocycles. The molecule has 2 N–H and O–H groups in total. The molecule has 1 saturated heterocycles. The minimum absolute atomic E-state index is 0.0706. The van der Waals surface area contributed by atoms with Gasteiger partial charge in [-0.25, -0.2) is 5.01 Å². The number of ketones is 1. The lowest BCUT2D eigenvalue weighted by molar-refractivity contribution is -0.132. The van der Waals surface area contributed by atoms with E-state index in [1.165, 1.54) is 6.08 Å². The highest BCUT2D eigenvalue weighted by atomic mass is 16.1. The van der Waals surface area contributed by atoms with E-state index in [1.807, 2.05) is 24.9 Å². The van der Waals surface area contributed by atoms with Crippen molar-refractivity contribution in [2.24, 2.45) is 11.8 Å². The Morgan fingerprint density at radius 1 is 1.50 bits per heavy atom. The van der Waals surface area contributed by atoms with E-state index in [-0.39, 0.29) is 29.2 Å². The van der Waals surface area contributed by atoms with Crippen LogP contribution >= 0.6 is 0 Å². The van der Waals surface area contributed by atoms with Gasteiger partial charge in [0.1, 0.15) is 0 Å². The van der Waals surface area contributed by atoms with Gasteiger partial charge in [0.2, 0.25) is 0 Å². The predicted molar refractivity (Wildman–Crippen MR) is 71.3 cm³/mol. The number of carbonyl (C=O) groups excluding carboxylic acids is 1. The van der Waals surface area contributed by atoms with Gasteiger partial charge in [0.25, 0.3) is 0 Å². The molecule has 0 bridgehead atoms. The van der Waals surface area contributed by atoms with E-state index >= 15 is 0 Å². The van der Waals surface area contributed by atoms with Crippen LogP contribution in [0.25, 0.3) is 0 Å². The average Bonchev–Trinajstić information content (AvgIpc) is 2.26. The smallest absolute Gasteiger partial charge is 0.160 e. The van der Waals surface area contributed by atoms with Crippen LogP contribution in [0.1, 0.15) is 47.0 Å². The van der Waals surface area contributed by atoms with Crippen LogP contribution < -0.4 is 5.84 Å². The van der Waals surface area contributed by atoms with Crippen molar-refractivity contribution in [2.45, 2.75) is 58.0 Å². The third-order valence-corrected chi connectivity index (χ3v) is 4.01. The largest absolute Gasteiger partial charge is 0.294 e. The Balaban J connectivity index is 2.86. The maximum atomic E-state index is 12.2. The Bertz CT molecular complexity index is 390. The Kier molecular flexibility index (Phi) is 4.31. The fraction of sp³-hybridized carbons (Fsp3) is 0.714. The molecule has 1 atom stereocenters. The van der Waals surface area contributed by atoms with Crippen molar-refractivity contribution < 1.29 is 4.79 Å². The van der Waals surface area contributed by atoms with Gasteiger partial charge in [-0.1, -0.05) is 6.08 Å². The first kappa shape index (κ1) is 14.9. The van der Waals surface area contributed by atoms with Crippen molar-refractivity contribution in [3.8, 4) is 6.07 Å². The van der Waals surface area contributed by atoms with Gasteiger partial charge in [-0.3, -0.25) is 10.6 Å². The number of allylic oxidation sites excluding steroid dienone is 2. The van der Waals surface area contributed by atoms with Gasteiger partial charge >= 0.3 is 0 Å². The third-order valence-electron chi connectivity index (χ3n) is 4.01. The summed E-state index contributed by atoms with van der Waals surface area (Å²) < 4.78 is 0. The summed E-state index contributed by atoms with van der Waals surface area (Å²) in [5, 5.41) is 10.3. The van der Waals surface area contributed by atoms with Gasteiger partial charge in [0.15, 0.2) is 5.78 Å². The molecular formula is C14H23N3O. The molecule has 100 valence electrons. The lowest BCUT2D eigenvalue weighted by Gasteiger charge is -2.53. The van der Waals surface area contributed by atoms with Crippen molar-refractivity contribution in [3.05, 3.63) is 12.2 Å². The van der Waals surface area contributed by atoms with Gasteiger partial charge in [-0.15, -0.1) is 0 Å². The van der Waals surface area contributed by atoms with E-state index in [0.29, 0.717) is 0 Å². The standard InChI is InChI=1S/C14H23N3O/c1-13(2)9-8-11(14(3,4)17(13)16)12(18)7-5-6-10-15/h5,7,11H,6,8-9,16H2,1-4H3/b7-5+. The molecule has 1 unspecified atom stereocenters. The molecule has 0 aromatic rings. The van der Waals surface area contributed by atoms with E-state index in [0.717, 1.165) is 12.8 Å². The number of hydrogen-bond acceptors (Lipinski definition) is 4. The second-order valence-corrected chi connectivity index (χ2v) is 6.09. The zero-order valence-electron chi connectivity index (χ0n) is 11.7. The van der Waals surface area contributed by atoms with Crippen molar-refractivity contribution in [3.63, 3.8) is 0 Å². The maximum absolute atomic E-state index is 12.2. The van der Waals surface area contributed by atoms with Crippen molar-refractivity contribution in [1.29, 1.82) is 5.26 Å². The molecule has 0 aromatic carbocycles.